The number of Topliss-reactive ketones (excluding diaryl/α,β-unsaturated/α-hetero) is 2. The Bertz CT molecular complexity index is 1220. The maximum Gasteiger partial charge on any atom is 0.217 e. The molecule has 7 aliphatic heterocycles. The summed E-state index contributed by atoms with van der Waals surface area (Å²) in [5.41, 5.74) is 0. The smallest absolute Gasteiger partial charge is 0.217 e. The normalized spacial score (nSPS) is 19.7. The van der Waals surface area contributed by atoms with Gasteiger partial charge in [-0.05, 0) is 26.2 Å². The average molecular weight is 1040 g/mol. The third kappa shape index (κ3) is 37.9. The zero-order chi connectivity index (χ0) is 53.3. The van der Waals surface area contributed by atoms with Crippen LogP contribution in [0.4, 0.5) is 0 Å². The number of methoxy groups -OCH3 is 6. The number of carbonyl (C=O) groups is 8. The summed E-state index contributed by atoms with van der Waals surface area (Å²) in [5, 5.41) is 0. The fourth-order valence-electron chi connectivity index (χ4n) is 4.87. The van der Waals surface area contributed by atoms with E-state index in [1.807, 2.05) is 0 Å². The van der Waals surface area contributed by atoms with Crippen LogP contribution in [0.2, 0.25) is 0 Å². The molecule has 28 nitrogen and oxygen atoms in total. The fourth-order valence-corrected chi connectivity index (χ4v) is 4.87. The Balaban J connectivity index is 0. The molecule has 7 aliphatic rings. The third-order valence-corrected chi connectivity index (χ3v) is 8.07. The van der Waals surface area contributed by atoms with Crippen LogP contribution in [0.5, 0.6) is 0 Å². The number of hydrogen-bond acceptors (Lipinski definition) is 28. The van der Waals surface area contributed by atoms with Gasteiger partial charge in [-0.25, -0.2) is 0 Å². The summed E-state index contributed by atoms with van der Waals surface area (Å²) in [6.45, 7) is 11.7. The van der Waals surface area contributed by atoms with Gasteiger partial charge in [0, 0.05) is 49.6 Å². The summed E-state index contributed by atoms with van der Waals surface area (Å²) < 4.78 is 99.2. The van der Waals surface area contributed by atoms with Gasteiger partial charge in [0.15, 0.2) is 49.3 Å². The standard InChI is InChI=1S/C8H14O4.C6H10O4.C6H14O4.2C5H8O3.C4H6O3.C4H8O3.C3H4O2.C2H2O2/c1-3-9-7(10-4-1)8-11-5-2-6-12-8;1-2-8-5(7-1)6-9-3-4-10-6;1-7-5(8-2)6(9-3)10-4;1-4(6)5-7-2-3-8-5;6-4-5-7-2-1-3-8-5;5-3-4-6-1-2-7-4;1-6-4(3-5)7-2;1-3(5)2-4;3-1-2-4/h7-8H,1-6H2;5-6H,1-4H2;5-6H,1-4H3;5H,2-3H2,1H3;4-5H,1-3H2;3-4H,1-2H2;3-4H,1-2H3;2H,1H3;1-2H. The van der Waals surface area contributed by atoms with Crippen LogP contribution in [0.3, 0.4) is 0 Å². The number of carbonyl (C=O) groups excluding carboxylic acids is 8. The second kappa shape index (κ2) is 50.1. The van der Waals surface area contributed by atoms with E-state index in [2.05, 4.69) is 9.47 Å². The van der Waals surface area contributed by atoms with Gasteiger partial charge in [0.2, 0.25) is 62.9 Å². The molecule has 28 heteroatoms. The molecule has 7 fully saturated rings. The molecule has 0 N–H and O–H groups in total. The molecule has 0 atom stereocenters. The minimum Gasteiger partial charge on any atom is -0.351 e. The van der Waals surface area contributed by atoms with Crippen molar-refractivity contribution >= 4 is 49.3 Å². The summed E-state index contributed by atoms with van der Waals surface area (Å²) in [6, 6.07) is 0. The lowest BCUT2D eigenvalue weighted by Crippen LogP contribution is -2.42. The van der Waals surface area contributed by atoms with Gasteiger partial charge < -0.3 is 94.7 Å². The maximum atomic E-state index is 10.4. The highest BCUT2D eigenvalue weighted by molar-refractivity contribution is 6.23. The highest BCUT2D eigenvalue weighted by Gasteiger charge is 2.31. The first kappa shape index (κ1) is 69.6. The zero-order valence-corrected chi connectivity index (χ0v) is 41.7. The van der Waals surface area contributed by atoms with Crippen LogP contribution in [-0.4, -0.2) is 247 Å². The Morgan fingerprint density at radius 1 is 0.394 bits per heavy atom. The predicted molar refractivity (Wildman–Crippen MR) is 235 cm³/mol. The Hall–Kier alpha value is -3.44. The fraction of sp³-hybridized carbons (Fsp3) is 0.814. The van der Waals surface area contributed by atoms with E-state index in [1.54, 1.807) is 0 Å². The van der Waals surface area contributed by atoms with Gasteiger partial charge in [0.05, 0.1) is 92.5 Å². The molecule has 0 amide bonds. The lowest BCUT2D eigenvalue weighted by Gasteiger charge is -2.32. The van der Waals surface area contributed by atoms with E-state index in [0.29, 0.717) is 84.9 Å². The molecule has 414 valence electrons. The van der Waals surface area contributed by atoms with Gasteiger partial charge in [-0.15, -0.1) is 0 Å². The van der Waals surface area contributed by atoms with E-state index in [0.717, 1.165) is 45.7 Å². The SMILES string of the molecule is C1COC(C2OCCCO2)OC1.C1COC(C2OCCO2)O1.CC(=O)C1OCCO1.CC(=O)C=O.COC(C=O)OC.COC(OC)C(OC)OC.O=CC1OCCCO1.O=CC1OCCO1.O=CC=O. The van der Waals surface area contributed by atoms with Crippen LogP contribution in [-0.2, 0) is 133 Å². The van der Waals surface area contributed by atoms with Gasteiger partial charge >= 0.3 is 0 Å². The van der Waals surface area contributed by atoms with Crippen molar-refractivity contribution in [1.29, 1.82) is 0 Å². The first-order chi connectivity index (χ1) is 34.4. The highest BCUT2D eigenvalue weighted by atomic mass is 16.8. The largest absolute Gasteiger partial charge is 0.351 e. The topological polar surface area (TPSA) is 321 Å². The quantitative estimate of drug-likeness (QED) is 0.107. The van der Waals surface area contributed by atoms with Crippen LogP contribution in [0.25, 0.3) is 0 Å². The number of ether oxygens (including phenoxy) is 20. The lowest BCUT2D eigenvalue weighted by molar-refractivity contribution is -0.315. The summed E-state index contributed by atoms with van der Waals surface area (Å²) in [6.07, 6.45) is 0.815. The Kier molecular flexibility index (Phi) is 49.1. The first-order valence-electron chi connectivity index (χ1n) is 21.9. The molecular formula is C43H74O28. The summed E-state index contributed by atoms with van der Waals surface area (Å²) in [5.74, 6) is -0.479. The molecule has 0 radical (unpaired) electrons. The summed E-state index contributed by atoms with van der Waals surface area (Å²) in [7, 11) is 8.92. The molecule has 0 unspecified atom stereocenters. The maximum absolute atomic E-state index is 10.4. The van der Waals surface area contributed by atoms with Gasteiger partial charge in [-0.1, -0.05) is 0 Å². The number of rotatable bonds is 15. The second-order valence-corrected chi connectivity index (χ2v) is 13.3. The highest BCUT2D eigenvalue weighted by Crippen LogP contribution is 2.17. The Labute approximate surface area is 413 Å². The monoisotopic (exact) mass is 1040 g/mol. The van der Waals surface area contributed by atoms with Crippen molar-refractivity contribution in [3.8, 4) is 0 Å². The number of ketones is 2. The molecule has 7 rings (SSSR count). The van der Waals surface area contributed by atoms with E-state index in [-0.39, 0.29) is 49.8 Å². The van der Waals surface area contributed by atoms with Crippen molar-refractivity contribution < 1.29 is 133 Å². The van der Waals surface area contributed by atoms with Crippen molar-refractivity contribution in [3.63, 3.8) is 0 Å². The molecule has 0 aromatic rings. The van der Waals surface area contributed by atoms with Gasteiger partial charge in [0.1, 0.15) is 0 Å². The summed E-state index contributed by atoms with van der Waals surface area (Å²) in [4.78, 5) is 76.0. The molecular weight excluding hydrogens is 964 g/mol. The van der Waals surface area contributed by atoms with E-state index in [4.69, 9.17) is 99.6 Å². The average Bonchev–Trinajstić information content (AvgIpc) is 4.30. The van der Waals surface area contributed by atoms with Crippen molar-refractivity contribution in [2.45, 2.75) is 96.0 Å². The van der Waals surface area contributed by atoms with Crippen molar-refractivity contribution in [2.24, 2.45) is 0 Å². The van der Waals surface area contributed by atoms with Crippen LogP contribution in [0.1, 0.15) is 33.1 Å². The van der Waals surface area contributed by atoms with E-state index in [1.165, 1.54) is 56.5 Å². The molecule has 0 aromatic heterocycles. The van der Waals surface area contributed by atoms with Crippen LogP contribution in [0.15, 0.2) is 0 Å². The first-order valence-corrected chi connectivity index (χ1v) is 21.9. The molecule has 0 aromatic carbocycles. The lowest BCUT2D eigenvalue weighted by atomic mass is 10.4. The van der Waals surface area contributed by atoms with Gasteiger partial charge in [-0.2, -0.15) is 0 Å². The van der Waals surface area contributed by atoms with E-state index < -0.39 is 43.5 Å². The minimum atomic E-state index is -0.694. The second-order valence-electron chi connectivity index (χ2n) is 13.3. The predicted octanol–water partition coefficient (Wildman–Crippen LogP) is -1.11. The van der Waals surface area contributed by atoms with Crippen LogP contribution in [0, 0.1) is 0 Å². The molecule has 0 saturated carbocycles. The van der Waals surface area contributed by atoms with Gasteiger partial charge in [0.25, 0.3) is 0 Å². The van der Waals surface area contributed by atoms with Crippen molar-refractivity contribution in [2.75, 3.05) is 135 Å². The molecule has 71 heavy (non-hydrogen) atoms. The molecule has 0 bridgehead atoms. The molecule has 7 heterocycles. The number of aldehydes is 6. The minimum absolute atomic E-state index is 0.0532. The van der Waals surface area contributed by atoms with Crippen molar-refractivity contribution in [3.05, 3.63) is 0 Å². The van der Waals surface area contributed by atoms with Crippen LogP contribution >= 0.6 is 0 Å². The third-order valence-electron chi connectivity index (χ3n) is 8.07. The number of hydrogen-bond donors (Lipinski definition) is 0. The van der Waals surface area contributed by atoms with E-state index >= 15 is 0 Å². The van der Waals surface area contributed by atoms with E-state index in [9.17, 15) is 24.0 Å². The Morgan fingerprint density at radius 2 is 0.648 bits per heavy atom. The Morgan fingerprint density at radius 3 is 0.817 bits per heavy atom. The van der Waals surface area contributed by atoms with Crippen molar-refractivity contribution in [1.82, 2.24) is 0 Å². The zero-order valence-electron chi connectivity index (χ0n) is 41.7. The van der Waals surface area contributed by atoms with Gasteiger partial charge in [-0.3, -0.25) is 38.4 Å². The van der Waals surface area contributed by atoms with Crippen LogP contribution < -0.4 is 0 Å². The molecule has 7 saturated heterocycles. The molecule has 0 spiro atoms. The molecule has 0 aliphatic carbocycles. The summed E-state index contributed by atoms with van der Waals surface area (Å²) >= 11 is 0.